The number of amides is 2. The van der Waals surface area contributed by atoms with Crippen LogP contribution in [0.2, 0.25) is 0 Å². The van der Waals surface area contributed by atoms with Gasteiger partial charge < -0.3 is 10.6 Å². The maximum Gasteiger partial charge on any atom is 0.236 e. The number of rotatable bonds is 6. The first-order chi connectivity index (χ1) is 10.9. The number of nitrogens with one attached hydrogen (secondary N) is 2. The Labute approximate surface area is 143 Å². The lowest BCUT2D eigenvalue weighted by Crippen LogP contribution is -2.18. The van der Waals surface area contributed by atoms with Gasteiger partial charge in [0.2, 0.25) is 11.8 Å². The van der Waals surface area contributed by atoms with Crippen molar-refractivity contribution in [2.75, 3.05) is 22.1 Å². The minimum absolute atomic E-state index is 0.115. The molecule has 0 atom stereocenters. The first-order valence-electron chi connectivity index (χ1n) is 7.11. The summed E-state index contributed by atoms with van der Waals surface area (Å²) in [6.45, 7) is 5.90. The van der Waals surface area contributed by atoms with Gasteiger partial charge in [0, 0.05) is 11.1 Å². The number of benzene rings is 1. The van der Waals surface area contributed by atoms with E-state index in [-0.39, 0.29) is 23.3 Å². The van der Waals surface area contributed by atoms with E-state index < -0.39 is 0 Å². The number of hydrogen-bond acceptors (Lipinski definition) is 5. The molecule has 1 aromatic heterocycles. The van der Waals surface area contributed by atoms with Crippen LogP contribution >= 0.6 is 23.1 Å². The van der Waals surface area contributed by atoms with Crippen molar-refractivity contribution in [3.05, 3.63) is 40.4 Å². The number of anilines is 2. The standard InChI is InChI=1S/C16H19N3O2S2/c1-10-4-5-13(6-11(10)2)18-14(20)8-22-9-15(21)19-16-17-12(3)7-23-16/h4-7H,8-9H2,1-3H3,(H,18,20)(H,17,19,21). The molecule has 2 N–H and O–H groups in total. The Morgan fingerprint density at radius 2 is 1.78 bits per heavy atom. The molecule has 5 nitrogen and oxygen atoms in total. The highest BCUT2D eigenvalue weighted by atomic mass is 32.2. The second-order valence-corrected chi connectivity index (χ2v) is 7.03. The van der Waals surface area contributed by atoms with E-state index in [0.29, 0.717) is 5.13 Å². The third-order valence-electron chi connectivity index (χ3n) is 3.12. The zero-order valence-corrected chi connectivity index (χ0v) is 14.9. The van der Waals surface area contributed by atoms with E-state index in [1.165, 1.54) is 28.7 Å². The van der Waals surface area contributed by atoms with Crippen molar-refractivity contribution in [2.24, 2.45) is 0 Å². The summed E-state index contributed by atoms with van der Waals surface area (Å²) in [5.74, 6) is 0.190. The maximum absolute atomic E-state index is 11.9. The van der Waals surface area contributed by atoms with Crippen LogP contribution in [0.4, 0.5) is 10.8 Å². The topological polar surface area (TPSA) is 71.1 Å². The van der Waals surface area contributed by atoms with Crippen LogP contribution in [-0.2, 0) is 9.59 Å². The Kier molecular flexibility index (Phi) is 6.18. The van der Waals surface area contributed by atoms with Crippen LogP contribution in [0.5, 0.6) is 0 Å². The lowest BCUT2D eigenvalue weighted by atomic mass is 10.1. The fourth-order valence-corrected chi connectivity index (χ4v) is 3.14. The summed E-state index contributed by atoms with van der Waals surface area (Å²) in [5, 5.41) is 8.02. The van der Waals surface area contributed by atoms with E-state index in [1.807, 2.05) is 44.4 Å². The normalized spacial score (nSPS) is 10.4. The van der Waals surface area contributed by atoms with Crippen molar-refractivity contribution in [1.29, 1.82) is 0 Å². The zero-order valence-electron chi connectivity index (χ0n) is 13.3. The van der Waals surface area contributed by atoms with E-state index >= 15 is 0 Å². The van der Waals surface area contributed by atoms with Gasteiger partial charge >= 0.3 is 0 Å². The third-order valence-corrected chi connectivity index (χ3v) is 4.93. The number of aromatic nitrogens is 1. The minimum Gasteiger partial charge on any atom is -0.325 e. The van der Waals surface area contributed by atoms with Crippen LogP contribution in [0.3, 0.4) is 0 Å². The fourth-order valence-electron chi connectivity index (χ4n) is 1.82. The smallest absolute Gasteiger partial charge is 0.236 e. The molecule has 122 valence electrons. The molecule has 0 fully saturated rings. The number of carbonyl (C=O) groups excluding carboxylic acids is 2. The molecule has 2 aromatic rings. The Morgan fingerprint density at radius 3 is 2.39 bits per heavy atom. The molecule has 0 aliphatic heterocycles. The number of hydrogen-bond donors (Lipinski definition) is 2. The number of aryl methyl sites for hydroxylation is 3. The Balaban J connectivity index is 1.71. The van der Waals surface area contributed by atoms with Gasteiger partial charge in [0.15, 0.2) is 5.13 Å². The predicted octanol–water partition coefficient (Wildman–Crippen LogP) is 3.38. The summed E-state index contributed by atoms with van der Waals surface area (Å²) in [6, 6.07) is 5.79. The van der Waals surface area contributed by atoms with Crippen molar-refractivity contribution in [3.63, 3.8) is 0 Å². The Bertz CT molecular complexity index is 713. The van der Waals surface area contributed by atoms with Gasteiger partial charge in [0.05, 0.1) is 17.2 Å². The highest BCUT2D eigenvalue weighted by Crippen LogP contribution is 2.16. The monoisotopic (exact) mass is 349 g/mol. The molecule has 0 bridgehead atoms. The van der Waals surface area contributed by atoms with Gasteiger partial charge in [-0.1, -0.05) is 6.07 Å². The highest BCUT2D eigenvalue weighted by Gasteiger charge is 2.08. The Hall–Kier alpha value is -1.86. The van der Waals surface area contributed by atoms with E-state index in [9.17, 15) is 9.59 Å². The molecule has 7 heteroatoms. The first-order valence-corrected chi connectivity index (χ1v) is 9.14. The van der Waals surface area contributed by atoms with Gasteiger partial charge in [-0.15, -0.1) is 23.1 Å². The van der Waals surface area contributed by atoms with Gasteiger partial charge in [-0.05, 0) is 44.0 Å². The molecular formula is C16H19N3O2S2. The minimum atomic E-state index is -0.150. The van der Waals surface area contributed by atoms with E-state index in [2.05, 4.69) is 15.6 Å². The molecule has 2 amide bonds. The molecule has 0 spiro atoms. The molecule has 0 saturated heterocycles. The van der Waals surface area contributed by atoms with Gasteiger partial charge in [0.25, 0.3) is 0 Å². The molecular weight excluding hydrogens is 330 g/mol. The molecule has 0 unspecified atom stereocenters. The van der Waals surface area contributed by atoms with E-state index in [4.69, 9.17) is 0 Å². The lowest BCUT2D eigenvalue weighted by molar-refractivity contribution is -0.114. The van der Waals surface area contributed by atoms with Crippen molar-refractivity contribution in [3.8, 4) is 0 Å². The van der Waals surface area contributed by atoms with Gasteiger partial charge in [0.1, 0.15) is 0 Å². The summed E-state index contributed by atoms with van der Waals surface area (Å²) >= 11 is 2.67. The van der Waals surface area contributed by atoms with Crippen LogP contribution in [0, 0.1) is 20.8 Å². The van der Waals surface area contributed by atoms with Crippen LogP contribution in [0.25, 0.3) is 0 Å². The molecule has 0 saturated carbocycles. The van der Waals surface area contributed by atoms with E-state index in [0.717, 1.165) is 16.9 Å². The average Bonchev–Trinajstić information content (AvgIpc) is 2.88. The number of nitrogens with zero attached hydrogens (tertiary/aromatic N) is 1. The number of carbonyl (C=O) groups is 2. The molecule has 0 aliphatic carbocycles. The van der Waals surface area contributed by atoms with Crippen LogP contribution in [0.15, 0.2) is 23.6 Å². The second-order valence-electron chi connectivity index (χ2n) is 5.18. The SMILES string of the molecule is Cc1csc(NC(=O)CSCC(=O)Nc2ccc(C)c(C)c2)n1. The molecule has 2 rings (SSSR count). The predicted molar refractivity (Wildman–Crippen MR) is 97.4 cm³/mol. The zero-order chi connectivity index (χ0) is 16.8. The molecule has 23 heavy (non-hydrogen) atoms. The summed E-state index contributed by atoms with van der Waals surface area (Å²) in [6.07, 6.45) is 0. The Morgan fingerprint density at radius 1 is 1.09 bits per heavy atom. The number of thioether (sulfide) groups is 1. The van der Waals surface area contributed by atoms with Crippen molar-refractivity contribution >= 4 is 45.7 Å². The summed E-state index contributed by atoms with van der Waals surface area (Å²) in [5.41, 5.74) is 3.98. The quantitative estimate of drug-likeness (QED) is 0.839. The van der Waals surface area contributed by atoms with Gasteiger partial charge in [-0.25, -0.2) is 4.98 Å². The van der Waals surface area contributed by atoms with Crippen LogP contribution < -0.4 is 10.6 Å². The maximum atomic E-state index is 11.9. The average molecular weight is 349 g/mol. The second kappa shape index (κ2) is 8.12. The van der Waals surface area contributed by atoms with Crippen molar-refractivity contribution in [2.45, 2.75) is 20.8 Å². The molecule has 0 radical (unpaired) electrons. The van der Waals surface area contributed by atoms with Gasteiger partial charge in [-0.3, -0.25) is 9.59 Å². The molecule has 0 aliphatic rings. The first kappa shape index (κ1) is 17.5. The van der Waals surface area contributed by atoms with Crippen LogP contribution in [0.1, 0.15) is 16.8 Å². The summed E-state index contributed by atoms with van der Waals surface area (Å²) in [4.78, 5) is 27.8. The van der Waals surface area contributed by atoms with Gasteiger partial charge in [-0.2, -0.15) is 0 Å². The summed E-state index contributed by atoms with van der Waals surface area (Å²) in [7, 11) is 0. The summed E-state index contributed by atoms with van der Waals surface area (Å²) < 4.78 is 0. The highest BCUT2D eigenvalue weighted by molar-refractivity contribution is 8.00. The van der Waals surface area contributed by atoms with E-state index in [1.54, 1.807) is 0 Å². The number of thiazole rings is 1. The largest absolute Gasteiger partial charge is 0.325 e. The third kappa shape index (κ3) is 5.69. The molecule has 1 aromatic carbocycles. The fraction of sp³-hybridized carbons (Fsp3) is 0.312. The molecule has 1 heterocycles. The lowest BCUT2D eigenvalue weighted by Gasteiger charge is -2.07. The van der Waals surface area contributed by atoms with Crippen molar-refractivity contribution < 1.29 is 9.59 Å². The van der Waals surface area contributed by atoms with Crippen molar-refractivity contribution in [1.82, 2.24) is 4.98 Å². The van der Waals surface area contributed by atoms with Crippen LogP contribution in [-0.4, -0.2) is 28.3 Å².